The summed E-state index contributed by atoms with van der Waals surface area (Å²) in [5.41, 5.74) is 0.207. The van der Waals surface area contributed by atoms with Gasteiger partial charge in [-0.3, -0.25) is 4.79 Å². The predicted octanol–water partition coefficient (Wildman–Crippen LogP) is 1.23. The maximum Gasteiger partial charge on any atom is 0.252 e. The highest BCUT2D eigenvalue weighted by atomic mass is 32.2. The second-order valence-corrected chi connectivity index (χ2v) is 5.51. The number of benzene rings is 1. The van der Waals surface area contributed by atoms with Crippen molar-refractivity contribution in [2.24, 2.45) is 0 Å². The summed E-state index contributed by atoms with van der Waals surface area (Å²) >= 11 is 0. The molecule has 0 aliphatic carbocycles. The summed E-state index contributed by atoms with van der Waals surface area (Å²) in [5, 5.41) is 2.66. The van der Waals surface area contributed by atoms with Crippen molar-refractivity contribution in [2.45, 2.75) is 18.2 Å². The average Bonchev–Trinajstić information content (AvgIpc) is 2.24. The molecule has 0 saturated carbocycles. The quantitative estimate of drug-likeness (QED) is 0.862. The third-order valence-corrected chi connectivity index (χ3v) is 3.22. The van der Waals surface area contributed by atoms with Gasteiger partial charge in [-0.1, -0.05) is 19.1 Å². The van der Waals surface area contributed by atoms with Gasteiger partial charge in [0, 0.05) is 12.8 Å². The minimum Gasteiger partial charge on any atom is -0.352 e. The number of nitrogens with one attached hydrogen (secondary N) is 1. The molecular weight excluding hydrogens is 226 g/mol. The highest BCUT2D eigenvalue weighted by molar-refractivity contribution is 7.90. The molecule has 4 nitrogen and oxygen atoms in total. The van der Waals surface area contributed by atoms with E-state index in [-0.39, 0.29) is 16.4 Å². The molecule has 0 saturated heterocycles. The monoisotopic (exact) mass is 241 g/mol. The van der Waals surface area contributed by atoms with Crippen LogP contribution in [0.3, 0.4) is 0 Å². The van der Waals surface area contributed by atoms with Gasteiger partial charge in [0.15, 0.2) is 9.84 Å². The van der Waals surface area contributed by atoms with Gasteiger partial charge >= 0.3 is 0 Å². The normalized spacial score (nSPS) is 11.1. The Morgan fingerprint density at radius 2 is 1.94 bits per heavy atom. The van der Waals surface area contributed by atoms with Crippen molar-refractivity contribution in [1.29, 1.82) is 0 Å². The summed E-state index contributed by atoms with van der Waals surface area (Å²) in [7, 11) is -3.36. The Hall–Kier alpha value is -1.36. The first-order valence-electron chi connectivity index (χ1n) is 5.04. The summed E-state index contributed by atoms with van der Waals surface area (Å²) in [4.78, 5) is 11.8. The van der Waals surface area contributed by atoms with Crippen LogP contribution in [0.5, 0.6) is 0 Å². The lowest BCUT2D eigenvalue weighted by molar-refractivity contribution is 0.0950. The molecule has 88 valence electrons. The van der Waals surface area contributed by atoms with Gasteiger partial charge in [0.25, 0.3) is 5.91 Å². The summed E-state index contributed by atoms with van der Waals surface area (Å²) in [6.07, 6.45) is 1.91. The van der Waals surface area contributed by atoms with Crippen LogP contribution in [-0.2, 0) is 9.84 Å². The Morgan fingerprint density at radius 3 is 2.50 bits per heavy atom. The molecule has 16 heavy (non-hydrogen) atoms. The second-order valence-electron chi connectivity index (χ2n) is 3.52. The van der Waals surface area contributed by atoms with Gasteiger partial charge < -0.3 is 5.32 Å². The molecule has 0 heterocycles. The topological polar surface area (TPSA) is 63.2 Å². The van der Waals surface area contributed by atoms with E-state index in [2.05, 4.69) is 5.32 Å². The average molecular weight is 241 g/mol. The first-order valence-corrected chi connectivity index (χ1v) is 6.93. The fourth-order valence-electron chi connectivity index (χ4n) is 1.31. The lowest BCUT2D eigenvalue weighted by Gasteiger charge is -2.07. The number of carbonyl (C=O) groups excluding carboxylic acids is 1. The second kappa shape index (κ2) is 5.12. The van der Waals surface area contributed by atoms with E-state index in [0.717, 1.165) is 12.7 Å². The molecule has 1 N–H and O–H groups in total. The lowest BCUT2D eigenvalue weighted by atomic mass is 10.2. The molecule has 0 aliphatic heterocycles. The van der Waals surface area contributed by atoms with Crippen molar-refractivity contribution in [2.75, 3.05) is 12.8 Å². The van der Waals surface area contributed by atoms with Gasteiger partial charge in [-0.15, -0.1) is 0 Å². The lowest BCUT2D eigenvalue weighted by Crippen LogP contribution is -2.25. The molecule has 5 heteroatoms. The fraction of sp³-hybridized carbons (Fsp3) is 0.364. The summed E-state index contributed by atoms with van der Waals surface area (Å²) in [6, 6.07) is 6.21. The number of rotatable bonds is 4. The van der Waals surface area contributed by atoms with Crippen LogP contribution >= 0.6 is 0 Å². The molecule has 0 spiro atoms. The van der Waals surface area contributed by atoms with Crippen molar-refractivity contribution < 1.29 is 13.2 Å². The van der Waals surface area contributed by atoms with Crippen molar-refractivity contribution in [3.05, 3.63) is 29.8 Å². The van der Waals surface area contributed by atoms with Gasteiger partial charge in [0.1, 0.15) is 0 Å². The molecule has 0 bridgehead atoms. The van der Waals surface area contributed by atoms with Gasteiger partial charge in [-0.2, -0.15) is 0 Å². The van der Waals surface area contributed by atoms with Gasteiger partial charge in [-0.25, -0.2) is 8.42 Å². The molecule has 0 unspecified atom stereocenters. The molecule has 1 aromatic carbocycles. The Labute approximate surface area is 95.6 Å². The van der Waals surface area contributed by atoms with Crippen molar-refractivity contribution in [3.8, 4) is 0 Å². The van der Waals surface area contributed by atoms with Crippen molar-refractivity contribution in [1.82, 2.24) is 5.32 Å². The number of carbonyl (C=O) groups is 1. The highest BCUT2D eigenvalue weighted by Gasteiger charge is 2.17. The number of hydrogen-bond donors (Lipinski definition) is 1. The van der Waals surface area contributed by atoms with E-state index in [4.69, 9.17) is 0 Å². The largest absolute Gasteiger partial charge is 0.352 e. The third-order valence-electron chi connectivity index (χ3n) is 2.07. The molecule has 0 atom stereocenters. The van der Waals surface area contributed by atoms with Crippen LogP contribution in [0.4, 0.5) is 0 Å². The Bertz CT molecular complexity index is 480. The SMILES string of the molecule is CCCNC(=O)c1ccccc1S(C)(=O)=O. The molecular formula is C11H15NO3S. The number of sulfone groups is 1. The molecule has 0 aliphatic rings. The van der Waals surface area contributed by atoms with E-state index in [1.54, 1.807) is 12.1 Å². The van der Waals surface area contributed by atoms with Crippen molar-refractivity contribution >= 4 is 15.7 Å². The van der Waals surface area contributed by atoms with Crippen LogP contribution in [0.2, 0.25) is 0 Å². The Balaban J connectivity index is 3.09. The molecule has 1 rings (SSSR count). The summed E-state index contributed by atoms with van der Waals surface area (Å²) < 4.78 is 22.9. The zero-order valence-electron chi connectivity index (χ0n) is 9.36. The first-order chi connectivity index (χ1) is 7.46. The zero-order valence-corrected chi connectivity index (χ0v) is 10.2. The maximum absolute atomic E-state index is 11.7. The van der Waals surface area contributed by atoms with E-state index in [1.807, 2.05) is 6.92 Å². The van der Waals surface area contributed by atoms with Crippen LogP contribution in [0.15, 0.2) is 29.2 Å². The van der Waals surface area contributed by atoms with Gasteiger partial charge in [0.2, 0.25) is 0 Å². The smallest absolute Gasteiger partial charge is 0.252 e. The maximum atomic E-state index is 11.7. The zero-order chi connectivity index (χ0) is 12.2. The number of hydrogen-bond acceptors (Lipinski definition) is 3. The fourth-order valence-corrected chi connectivity index (χ4v) is 2.20. The molecule has 0 aromatic heterocycles. The third kappa shape index (κ3) is 3.06. The minimum absolute atomic E-state index is 0.0728. The van der Waals surface area contributed by atoms with Gasteiger partial charge in [0.05, 0.1) is 10.5 Å². The molecule has 0 fully saturated rings. The Morgan fingerprint density at radius 1 is 1.31 bits per heavy atom. The van der Waals surface area contributed by atoms with Crippen LogP contribution in [0.1, 0.15) is 23.7 Å². The molecule has 0 radical (unpaired) electrons. The number of amides is 1. The van der Waals surface area contributed by atoms with Crippen LogP contribution in [0, 0.1) is 0 Å². The van der Waals surface area contributed by atoms with E-state index < -0.39 is 9.84 Å². The van der Waals surface area contributed by atoms with Crippen LogP contribution < -0.4 is 5.32 Å². The molecule has 1 amide bonds. The van der Waals surface area contributed by atoms with E-state index in [0.29, 0.717) is 6.54 Å². The van der Waals surface area contributed by atoms with Crippen LogP contribution in [0.25, 0.3) is 0 Å². The van der Waals surface area contributed by atoms with E-state index >= 15 is 0 Å². The summed E-state index contributed by atoms with van der Waals surface area (Å²) in [5.74, 6) is -0.345. The predicted molar refractivity (Wildman–Crippen MR) is 62.2 cm³/mol. The molecule has 1 aromatic rings. The minimum atomic E-state index is -3.36. The van der Waals surface area contributed by atoms with E-state index in [9.17, 15) is 13.2 Å². The Kier molecular flexibility index (Phi) is 4.06. The standard InChI is InChI=1S/C11H15NO3S/c1-3-8-12-11(13)9-6-4-5-7-10(9)16(2,14)15/h4-7H,3,8H2,1-2H3,(H,12,13). The summed E-state index contributed by atoms with van der Waals surface area (Å²) in [6.45, 7) is 2.47. The van der Waals surface area contributed by atoms with Gasteiger partial charge in [-0.05, 0) is 18.6 Å². The van der Waals surface area contributed by atoms with Crippen LogP contribution in [-0.4, -0.2) is 27.1 Å². The first kappa shape index (κ1) is 12.7. The highest BCUT2D eigenvalue weighted by Crippen LogP contribution is 2.14. The van der Waals surface area contributed by atoms with E-state index in [1.165, 1.54) is 12.1 Å². The van der Waals surface area contributed by atoms with Crippen molar-refractivity contribution in [3.63, 3.8) is 0 Å².